The summed E-state index contributed by atoms with van der Waals surface area (Å²) in [7, 11) is 0. The van der Waals surface area contributed by atoms with Gasteiger partial charge >= 0.3 is 11.9 Å². The summed E-state index contributed by atoms with van der Waals surface area (Å²) in [6.45, 7) is 2.48. The lowest BCUT2D eigenvalue weighted by Crippen LogP contribution is -2.37. The Labute approximate surface area is 195 Å². The molecule has 1 saturated carbocycles. The number of anilines is 1. The summed E-state index contributed by atoms with van der Waals surface area (Å²) in [4.78, 5) is 35.1. The zero-order valence-electron chi connectivity index (χ0n) is 18.3. The van der Waals surface area contributed by atoms with Gasteiger partial charge in [0.05, 0.1) is 16.8 Å². The first-order chi connectivity index (χ1) is 15.8. The number of carbonyl (C=O) groups excluding carboxylic acids is 1. The summed E-state index contributed by atoms with van der Waals surface area (Å²) < 4.78 is 1.20. The van der Waals surface area contributed by atoms with Crippen LogP contribution in [-0.4, -0.2) is 45.6 Å². The van der Waals surface area contributed by atoms with Crippen LogP contribution in [0.3, 0.4) is 0 Å². The number of carboxylic acid groups (broad SMARTS) is 2. The monoisotopic (exact) mass is 469 g/mol. The van der Waals surface area contributed by atoms with E-state index in [-0.39, 0.29) is 5.91 Å². The Morgan fingerprint density at radius 1 is 1.00 bits per heavy atom. The van der Waals surface area contributed by atoms with Crippen LogP contribution in [0.2, 0.25) is 0 Å². The van der Waals surface area contributed by atoms with Crippen molar-refractivity contribution in [3.8, 4) is 10.6 Å². The van der Waals surface area contributed by atoms with Gasteiger partial charge < -0.3 is 20.8 Å². The highest BCUT2D eigenvalue weighted by Crippen LogP contribution is 2.31. The van der Waals surface area contributed by atoms with Gasteiger partial charge in [-0.05, 0) is 61.7 Å². The van der Waals surface area contributed by atoms with E-state index < -0.39 is 11.9 Å². The van der Waals surface area contributed by atoms with Crippen LogP contribution in [0.5, 0.6) is 0 Å². The van der Waals surface area contributed by atoms with E-state index in [1.165, 1.54) is 42.4 Å². The number of benzene rings is 2. The van der Waals surface area contributed by atoms with Crippen LogP contribution in [0.4, 0.5) is 5.69 Å². The molecule has 4 rings (SSSR count). The topological polar surface area (TPSA) is 129 Å². The lowest BCUT2D eigenvalue weighted by Gasteiger charge is -2.22. The van der Waals surface area contributed by atoms with E-state index in [1.807, 2.05) is 24.3 Å². The fraction of sp³-hybridized carbons (Fsp3) is 0.333. The molecule has 9 heteroatoms. The second kappa shape index (κ2) is 11.5. The Morgan fingerprint density at radius 2 is 1.67 bits per heavy atom. The number of carbonyl (C=O) groups is 3. The first-order valence-corrected chi connectivity index (χ1v) is 11.6. The average molecular weight is 470 g/mol. The van der Waals surface area contributed by atoms with E-state index in [4.69, 9.17) is 24.8 Å². The molecule has 1 aliphatic rings. The second-order valence-electron chi connectivity index (χ2n) is 7.94. The third-order valence-corrected chi connectivity index (χ3v) is 6.37. The molecular weight excluding hydrogens is 442 g/mol. The van der Waals surface area contributed by atoms with E-state index >= 15 is 0 Å². The number of fused-ring (bicyclic) bond motifs is 1. The second-order valence-corrected chi connectivity index (χ2v) is 8.97. The third-order valence-electron chi connectivity index (χ3n) is 5.30. The molecule has 8 nitrogen and oxygen atoms in total. The number of nitrogens with one attached hydrogen (secondary N) is 2. The van der Waals surface area contributed by atoms with E-state index in [0.29, 0.717) is 12.6 Å². The maximum Gasteiger partial charge on any atom is 0.414 e. The molecule has 0 atom stereocenters. The fourth-order valence-corrected chi connectivity index (χ4v) is 4.67. The molecule has 1 heterocycles. The van der Waals surface area contributed by atoms with Crippen LogP contribution in [0.1, 0.15) is 37.7 Å². The molecule has 2 aromatic carbocycles. The molecule has 0 spiro atoms. The fourth-order valence-electron chi connectivity index (χ4n) is 3.60. The standard InChI is InChI=1S/C22H25N3OS.C2H2O4/c1-15-7-12-19-20(13-15)27-22(25-19)16-8-10-18(11-9-16)24-21(26)14-23-17-5-3-2-4-6-17;3-1(4)2(5)6/h7-13,17,23H,2-6,14H2,1H3,(H,24,26);(H,3,4)(H,5,6). The van der Waals surface area contributed by atoms with Gasteiger partial charge in [-0.25, -0.2) is 14.6 Å². The largest absolute Gasteiger partial charge is 0.473 e. The van der Waals surface area contributed by atoms with Crippen LogP contribution in [0.15, 0.2) is 42.5 Å². The molecule has 33 heavy (non-hydrogen) atoms. The summed E-state index contributed by atoms with van der Waals surface area (Å²) in [6, 6.07) is 14.8. The number of nitrogens with zero attached hydrogens (tertiary/aromatic N) is 1. The van der Waals surface area contributed by atoms with Crippen LogP contribution in [0.25, 0.3) is 20.8 Å². The number of hydrogen-bond donors (Lipinski definition) is 4. The van der Waals surface area contributed by atoms with E-state index in [9.17, 15) is 4.79 Å². The van der Waals surface area contributed by atoms with Crippen molar-refractivity contribution in [3.05, 3.63) is 48.0 Å². The molecule has 0 unspecified atom stereocenters. The smallest absolute Gasteiger partial charge is 0.414 e. The zero-order valence-corrected chi connectivity index (χ0v) is 19.2. The van der Waals surface area contributed by atoms with Crippen molar-refractivity contribution in [3.63, 3.8) is 0 Å². The van der Waals surface area contributed by atoms with Gasteiger partial charge in [0.15, 0.2) is 0 Å². The number of aromatic nitrogens is 1. The Kier molecular flexibility index (Phi) is 8.51. The molecule has 174 valence electrons. The molecule has 0 radical (unpaired) electrons. The number of rotatable bonds is 5. The molecule has 1 aliphatic carbocycles. The molecule has 0 saturated heterocycles. The Bertz CT molecular complexity index is 1110. The Balaban J connectivity index is 0.000000454. The predicted molar refractivity (Wildman–Crippen MR) is 129 cm³/mol. The SMILES string of the molecule is Cc1ccc2nc(-c3ccc(NC(=O)CNC4CCCCC4)cc3)sc2c1.O=C(O)C(=O)O. The highest BCUT2D eigenvalue weighted by molar-refractivity contribution is 7.21. The quantitative estimate of drug-likeness (QED) is 0.410. The van der Waals surface area contributed by atoms with Gasteiger partial charge in [0.2, 0.25) is 5.91 Å². The van der Waals surface area contributed by atoms with Crippen LogP contribution < -0.4 is 10.6 Å². The van der Waals surface area contributed by atoms with Gasteiger partial charge in [0.25, 0.3) is 0 Å². The molecule has 3 aromatic rings. The number of hydrogen-bond acceptors (Lipinski definition) is 6. The molecular formula is C24H27N3O5S. The first-order valence-electron chi connectivity index (χ1n) is 10.8. The molecule has 0 bridgehead atoms. The zero-order chi connectivity index (χ0) is 23.8. The van der Waals surface area contributed by atoms with E-state index in [2.05, 4.69) is 35.8 Å². The van der Waals surface area contributed by atoms with Crippen molar-refractivity contribution in [2.45, 2.75) is 45.1 Å². The number of aryl methyl sites for hydroxylation is 1. The summed E-state index contributed by atoms with van der Waals surface area (Å²) in [6.07, 6.45) is 6.23. The summed E-state index contributed by atoms with van der Waals surface area (Å²) in [5.41, 5.74) is 4.18. The van der Waals surface area contributed by atoms with Gasteiger partial charge in [-0.3, -0.25) is 4.79 Å². The van der Waals surface area contributed by atoms with Crippen molar-refractivity contribution in [1.29, 1.82) is 0 Å². The third kappa shape index (κ3) is 7.37. The van der Waals surface area contributed by atoms with Crippen molar-refractivity contribution >= 4 is 45.1 Å². The minimum absolute atomic E-state index is 0.0174. The number of carboxylic acids is 2. The number of amides is 1. The maximum atomic E-state index is 12.2. The van der Waals surface area contributed by atoms with Crippen molar-refractivity contribution < 1.29 is 24.6 Å². The van der Waals surface area contributed by atoms with Crippen molar-refractivity contribution in [2.24, 2.45) is 0 Å². The van der Waals surface area contributed by atoms with Crippen LogP contribution >= 0.6 is 11.3 Å². The number of aliphatic carboxylic acids is 2. The van der Waals surface area contributed by atoms with Gasteiger partial charge in [0, 0.05) is 17.3 Å². The Morgan fingerprint density at radius 3 is 2.30 bits per heavy atom. The minimum Gasteiger partial charge on any atom is -0.473 e. The van der Waals surface area contributed by atoms with E-state index in [1.54, 1.807) is 11.3 Å². The molecule has 4 N–H and O–H groups in total. The van der Waals surface area contributed by atoms with Crippen molar-refractivity contribution in [2.75, 3.05) is 11.9 Å². The molecule has 1 aromatic heterocycles. The minimum atomic E-state index is -1.82. The summed E-state index contributed by atoms with van der Waals surface area (Å²) in [5, 5.41) is 22.1. The highest BCUT2D eigenvalue weighted by atomic mass is 32.1. The number of thiazole rings is 1. The van der Waals surface area contributed by atoms with Crippen LogP contribution in [0, 0.1) is 6.92 Å². The normalized spacial score (nSPS) is 13.7. The van der Waals surface area contributed by atoms with Crippen LogP contribution in [-0.2, 0) is 14.4 Å². The highest BCUT2D eigenvalue weighted by Gasteiger charge is 2.14. The van der Waals surface area contributed by atoms with Crippen molar-refractivity contribution in [1.82, 2.24) is 10.3 Å². The summed E-state index contributed by atoms with van der Waals surface area (Å²) >= 11 is 1.70. The maximum absolute atomic E-state index is 12.2. The molecule has 0 aliphatic heterocycles. The summed E-state index contributed by atoms with van der Waals surface area (Å²) in [5.74, 6) is -3.63. The first kappa shape index (κ1) is 24.3. The lowest BCUT2D eigenvalue weighted by atomic mass is 9.95. The van der Waals surface area contributed by atoms with Gasteiger partial charge in [0.1, 0.15) is 5.01 Å². The lowest BCUT2D eigenvalue weighted by molar-refractivity contribution is -0.159. The Hall–Kier alpha value is -3.30. The predicted octanol–water partition coefficient (Wildman–Crippen LogP) is 4.29. The average Bonchev–Trinajstić information content (AvgIpc) is 3.22. The molecule has 1 amide bonds. The van der Waals surface area contributed by atoms with Gasteiger partial charge in [-0.1, -0.05) is 25.3 Å². The molecule has 1 fully saturated rings. The van der Waals surface area contributed by atoms with Gasteiger partial charge in [-0.2, -0.15) is 0 Å². The van der Waals surface area contributed by atoms with Gasteiger partial charge in [-0.15, -0.1) is 11.3 Å². The van der Waals surface area contributed by atoms with E-state index in [0.717, 1.165) is 21.8 Å².